The van der Waals surface area contributed by atoms with Crippen LogP contribution in [0.15, 0.2) is 0 Å². The number of hydrogen-bond donors (Lipinski definition) is 6. The van der Waals surface area contributed by atoms with Crippen LogP contribution < -0.4 is 5.32 Å². The van der Waals surface area contributed by atoms with Crippen LogP contribution in [0, 0.1) is 0 Å². The van der Waals surface area contributed by atoms with Crippen molar-refractivity contribution in [2.75, 3.05) is 19.8 Å². The van der Waals surface area contributed by atoms with Crippen molar-refractivity contribution in [2.45, 2.75) is 109 Å². The Morgan fingerprint density at radius 2 is 1.31 bits per heavy atom. The van der Waals surface area contributed by atoms with E-state index in [1.165, 1.54) is 44.9 Å². The molecule has 6 N–H and O–H groups in total. The van der Waals surface area contributed by atoms with Crippen LogP contribution in [-0.4, -0.2) is 81.7 Å². The summed E-state index contributed by atoms with van der Waals surface area (Å²) in [5.41, 5.74) is 0. The SMILES string of the molecule is CCCCCCCCCCCCOC(=O)[C@H](C)NC[C@H](O)[C@@H](O)[C@H](O)[C@H](O)CO. The first-order chi connectivity index (χ1) is 13.8. The maximum atomic E-state index is 11.9. The second-order valence-corrected chi connectivity index (χ2v) is 7.78. The molecule has 0 spiro atoms. The van der Waals surface area contributed by atoms with Crippen LogP contribution in [0.5, 0.6) is 0 Å². The van der Waals surface area contributed by atoms with Crippen molar-refractivity contribution in [1.82, 2.24) is 5.32 Å². The Morgan fingerprint density at radius 1 is 0.828 bits per heavy atom. The molecular formula is C21H43NO7. The van der Waals surface area contributed by atoms with Gasteiger partial charge < -0.3 is 35.6 Å². The van der Waals surface area contributed by atoms with Crippen molar-refractivity contribution in [3.8, 4) is 0 Å². The van der Waals surface area contributed by atoms with E-state index in [2.05, 4.69) is 12.2 Å². The van der Waals surface area contributed by atoms with E-state index in [1.807, 2.05) is 0 Å². The molecule has 29 heavy (non-hydrogen) atoms. The summed E-state index contributed by atoms with van der Waals surface area (Å²) in [5, 5.41) is 49.9. The lowest BCUT2D eigenvalue weighted by Gasteiger charge is -2.26. The molecule has 0 fully saturated rings. The average Bonchev–Trinajstić information content (AvgIpc) is 2.73. The highest BCUT2D eigenvalue weighted by molar-refractivity contribution is 5.75. The number of carbonyl (C=O) groups excluding carboxylic acids is 1. The number of hydrogen-bond acceptors (Lipinski definition) is 8. The van der Waals surface area contributed by atoms with E-state index < -0.39 is 43.0 Å². The molecule has 0 unspecified atom stereocenters. The maximum absolute atomic E-state index is 11.9. The first-order valence-electron chi connectivity index (χ1n) is 11.1. The minimum atomic E-state index is -1.68. The standard InChI is InChI=1S/C21H43NO7/c1-3-4-5-6-7-8-9-10-11-12-13-29-21(28)16(2)22-14-17(24)19(26)20(27)18(25)15-23/h16-20,22-27H,3-15H2,1-2H3/t16-,17-,18+,19+,20+/m0/s1. The van der Waals surface area contributed by atoms with E-state index >= 15 is 0 Å². The zero-order chi connectivity index (χ0) is 22.1. The van der Waals surface area contributed by atoms with Crippen molar-refractivity contribution in [1.29, 1.82) is 0 Å². The lowest BCUT2D eigenvalue weighted by molar-refractivity contribution is -0.146. The first-order valence-corrected chi connectivity index (χ1v) is 11.1. The Morgan fingerprint density at radius 3 is 1.83 bits per heavy atom. The molecule has 0 aliphatic carbocycles. The number of ether oxygens (including phenoxy) is 1. The highest BCUT2D eigenvalue weighted by atomic mass is 16.5. The Kier molecular flexibility index (Phi) is 17.6. The lowest BCUT2D eigenvalue weighted by atomic mass is 10.0. The van der Waals surface area contributed by atoms with Crippen molar-refractivity contribution in [2.24, 2.45) is 0 Å². The van der Waals surface area contributed by atoms with Crippen LogP contribution in [0.25, 0.3) is 0 Å². The van der Waals surface area contributed by atoms with E-state index in [0.717, 1.165) is 19.3 Å². The molecule has 8 nitrogen and oxygen atoms in total. The predicted octanol–water partition coefficient (Wildman–Crippen LogP) is 0.864. The van der Waals surface area contributed by atoms with Crippen LogP contribution in [-0.2, 0) is 9.53 Å². The second-order valence-electron chi connectivity index (χ2n) is 7.78. The van der Waals surface area contributed by atoms with Gasteiger partial charge in [0.05, 0.1) is 19.3 Å². The lowest BCUT2D eigenvalue weighted by Crippen LogP contribution is -2.50. The van der Waals surface area contributed by atoms with Crippen molar-refractivity contribution < 1.29 is 35.1 Å². The van der Waals surface area contributed by atoms with Gasteiger partial charge in [-0.1, -0.05) is 64.7 Å². The molecule has 5 atom stereocenters. The van der Waals surface area contributed by atoms with Gasteiger partial charge in [-0.3, -0.25) is 4.79 Å². The number of rotatable bonds is 19. The van der Waals surface area contributed by atoms with Crippen molar-refractivity contribution in [3.05, 3.63) is 0 Å². The summed E-state index contributed by atoms with van der Waals surface area (Å²) in [5.74, 6) is -0.446. The van der Waals surface area contributed by atoms with Crippen LogP contribution in [0.4, 0.5) is 0 Å². The summed E-state index contributed by atoms with van der Waals surface area (Å²) in [6.07, 6.45) is 5.73. The molecule has 0 aromatic carbocycles. The van der Waals surface area contributed by atoms with Gasteiger partial charge in [0, 0.05) is 6.54 Å². The van der Waals surface area contributed by atoms with Gasteiger partial charge >= 0.3 is 5.97 Å². The van der Waals surface area contributed by atoms with Crippen LogP contribution in [0.1, 0.15) is 78.1 Å². The Balaban J connectivity index is 3.74. The Hall–Kier alpha value is -0.770. The van der Waals surface area contributed by atoms with E-state index in [1.54, 1.807) is 6.92 Å². The topological polar surface area (TPSA) is 139 Å². The van der Waals surface area contributed by atoms with Gasteiger partial charge in [-0.25, -0.2) is 0 Å². The number of nitrogens with one attached hydrogen (secondary N) is 1. The normalized spacial score (nSPS) is 16.8. The monoisotopic (exact) mass is 421 g/mol. The summed E-state index contributed by atoms with van der Waals surface area (Å²) < 4.78 is 5.20. The van der Waals surface area contributed by atoms with Gasteiger partial charge in [-0.2, -0.15) is 0 Å². The Labute approximate surface area is 175 Å². The fraction of sp³-hybridized carbons (Fsp3) is 0.952. The summed E-state index contributed by atoms with van der Waals surface area (Å²) in [6.45, 7) is 3.24. The summed E-state index contributed by atoms with van der Waals surface area (Å²) in [7, 11) is 0. The van der Waals surface area contributed by atoms with E-state index in [-0.39, 0.29) is 6.54 Å². The van der Waals surface area contributed by atoms with Gasteiger partial charge in [0.2, 0.25) is 0 Å². The van der Waals surface area contributed by atoms with Crippen LogP contribution >= 0.6 is 0 Å². The van der Waals surface area contributed by atoms with E-state index in [0.29, 0.717) is 6.61 Å². The smallest absolute Gasteiger partial charge is 0.322 e. The van der Waals surface area contributed by atoms with Gasteiger partial charge in [0.1, 0.15) is 24.4 Å². The van der Waals surface area contributed by atoms with Crippen LogP contribution in [0.2, 0.25) is 0 Å². The molecule has 0 aromatic heterocycles. The van der Waals surface area contributed by atoms with Gasteiger partial charge in [-0.05, 0) is 13.3 Å². The number of esters is 1. The molecule has 0 heterocycles. The number of carbonyl (C=O) groups is 1. The highest BCUT2D eigenvalue weighted by Gasteiger charge is 2.30. The third-order valence-corrected chi connectivity index (χ3v) is 5.05. The molecule has 0 radical (unpaired) electrons. The predicted molar refractivity (Wildman–Crippen MR) is 111 cm³/mol. The zero-order valence-corrected chi connectivity index (χ0v) is 18.1. The average molecular weight is 422 g/mol. The number of aliphatic hydroxyl groups excluding tert-OH is 5. The first kappa shape index (κ1) is 28.2. The molecule has 8 heteroatoms. The fourth-order valence-corrected chi connectivity index (χ4v) is 2.95. The molecule has 0 aliphatic heterocycles. The molecule has 0 bridgehead atoms. The summed E-state index contributed by atoms with van der Waals surface area (Å²) >= 11 is 0. The molecule has 0 saturated heterocycles. The maximum Gasteiger partial charge on any atom is 0.322 e. The molecule has 0 aliphatic rings. The zero-order valence-electron chi connectivity index (χ0n) is 18.1. The third kappa shape index (κ3) is 14.0. The van der Waals surface area contributed by atoms with Crippen molar-refractivity contribution >= 4 is 5.97 Å². The molecule has 174 valence electrons. The molecule has 0 aromatic rings. The summed E-state index contributed by atoms with van der Waals surface area (Å²) in [4.78, 5) is 11.9. The van der Waals surface area contributed by atoms with Gasteiger partial charge in [0.15, 0.2) is 0 Å². The number of unbranched alkanes of at least 4 members (excludes halogenated alkanes) is 9. The van der Waals surface area contributed by atoms with Gasteiger partial charge in [0.25, 0.3) is 0 Å². The second kappa shape index (κ2) is 18.0. The van der Waals surface area contributed by atoms with E-state index in [9.17, 15) is 25.2 Å². The van der Waals surface area contributed by atoms with Gasteiger partial charge in [-0.15, -0.1) is 0 Å². The minimum absolute atomic E-state index is 0.176. The number of aliphatic hydroxyl groups is 5. The van der Waals surface area contributed by atoms with Crippen LogP contribution in [0.3, 0.4) is 0 Å². The third-order valence-electron chi connectivity index (χ3n) is 5.05. The molecular weight excluding hydrogens is 378 g/mol. The van der Waals surface area contributed by atoms with E-state index in [4.69, 9.17) is 9.84 Å². The van der Waals surface area contributed by atoms with Crippen molar-refractivity contribution in [3.63, 3.8) is 0 Å². The molecule has 0 amide bonds. The summed E-state index contributed by atoms with van der Waals surface area (Å²) in [6, 6.07) is -0.681. The molecule has 0 rings (SSSR count). The highest BCUT2D eigenvalue weighted by Crippen LogP contribution is 2.10. The Bertz CT molecular complexity index is 397. The minimum Gasteiger partial charge on any atom is -0.465 e. The molecule has 0 saturated carbocycles. The fourth-order valence-electron chi connectivity index (χ4n) is 2.95. The largest absolute Gasteiger partial charge is 0.465 e. The quantitative estimate of drug-likeness (QED) is 0.133.